The Morgan fingerprint density at radius 2 is 2.06 bits per heavy atom. The Kier molecular flexibility index (Phi) is 3.81. The van der Waals surface area contributed by atoms with Crippen molar-refractivity contribution < 1.29 is 4.74 Å². The van der Waals surface area contributed by atoms with Crippen molar-refractivity contribution in [3.63, 3.8) is 0 Å². The Morgan fingerprint density at radius 3 is 2.67 bits per heavy atom. The highest BCUT2D eigenvalue weighted by Crippen LogP contribution is 2.29. The van der Waals surface area contributed by atoms with E-state index < -0.39 is 0 Å². The molecular formula is C13H17N3OS. The molecule has 1 heterocycles. The number of benzene rings is 1. The molecule has 96 valence electrons. The Labute approximate surface area is 111 Å². The molecular weight excluding hydrogens is 246 g/mol. The van der Waals surface area contributed by atoms with Gasteiger partial charge in [-0.2, -0.15) is 0 Å². The summed E-state index contributed by atoms with van der Waals surface area (Å²) >= 11 is 1.55. The zero-order valence-corrected chi connectivity index (χ0v) is 11.8. The Hall–Kier alpha value is -1.62. The maximum Gasteiger partial charge on any atom is 0.206 e. The number of hydrogen-bond donors (Lipinski definition) is 1. The lowest BCUT2D eigenvalue weighted by atomic mass is 10.0. The molecule has 1 unspecified atom stereocenters. The van der Waals surface area contributed by atoms with Crippen LogP contribution in [-0.2, 0) is 0 Å². The van der Waals surface area contributed by atoms with Gasteiger partial charge in [-0.25, -0.2) is 0 Å². The minimum atomic E-state index is 0.132. The van der Waals surface area contributed by atoms with Crippen LogP contribution in [0.3, 0.4) is 0 Å². The van der Waals surface area contributed by atoms with Crippen LogP contribution in [0.2, 0.25) is 0 Å². The summed E-state index contributed by atoms with van der Waals surface area (Å²) in [6.45, 7) is 6.11. The summed E-state index contributed by atoms with van der Waals surface area (Å²) < 4.78 is 5.39. The first kappa shape index (κ1) is 12.8. The van der Waals surface area contributed by atoms with E-state index in [1.807, 2.05) is 19.1 Å². The minimum Gasteiger partial charge on any atom is -0.496 e. The number of rotatable bonds is 4. The first-order chi connectivity index (χ1) is 8.60. The average Bonchev–Trinajstić information content (AvgIpc) is 2.74. The third-order valence-electron chi connectivity index (χ3n) is 2.72. The van der Waals surface area contributed by atoms with Gasteiger partial charge < -0.3 is 10.1 Å². The molecule has 5 heteroatoms. The van der Waals surface area contributed by atoms with Gasteiger partial charge in [-0.05, 0) is 26.8 Å². The van der Waals surface area contributed by atoms with Crippen molar-refractivity contribution in [1.82, 2.24) is 10.2 Å². The molecule has 1 N–H and O–H groups in total. The summed E-state index contributed by atoms with van der Waals surface area (Å²) in [6.07, 6.45) is 0. The monoisotopic (exact) mass is 263 g/mol. The predicted octanol–water partition coefficient (Wildman–Crippen LogP) is 3.34. The molecule has 18 heavy (non-hydrogen) atoms. The molecule has 1 atom stereocenters. The number of nitrogens with zero attached hydrogens (tertiary/aromatic N) is 2. The molecule has 0 saturated heterocycles. The number of aromatic nitrogens is 2. The van der Waals surface area contributed by atoms with Crippen LogP contribution >= 0.6 is 11.3 Å². The molecule has 2 aromatic rings. The highest BCUT2D eigenvalue weighted by atomic mass is 32.1. The average molecular weight is 263 g/mol. The van der Waals surface area contributed by atoms with Crippen LogP contribution in [0.25, 0.3) is 0 Å². The standard InChI is InChI=1S/C13H17N3OS/c1-8-5-6-12(17-4)11(7-8)9(2)14-13-16-15-10(3)18-13/h5-7,9H,1-4H3,(H,14,16). The molecule has 1 aromatic heterocycles. The van der Waals surface area contributed by atoms with E-state index in [4.69, 9.17) is 4.74 Å². The highest BCUT2D eigenvalue weighted by Gasteiger charge is 2.13. The molecule has 1 aromatic carbocycles. The van der Waals surface area contributed by atoms with Crippen LogP contribution in [0, 0.1) is 13.8 Å². The summed E-state index contributed by atoms with van der Waals surface area (Å²) in [7, 11) is 1.69. The minimum absolute atomic E-state index is 0.132. The van der Waals surface area contributed by atoms with Crippen molar-refractivity contribution in [3.8, 4) is 5.75 Å². The summed E-state index contributed by atoms with van der Waals surface area (Å²) in [6, 6.07) is 6.30. The maximum atomic E-state index is 5.39. The van der Waals surface area contributed by atoms with Gasteiger partial charge in [0, 0.05) is 5.56 Å². The summed E-state index contributed by atoms with van der Waals surface area (Å²) in [5.41, 5.74) is 2.35. The quantitative estimate of drug-likeness (QED) is 0.919. The molecule has 4 nitrogen and oxygen atoms in total. The second-order valence-electron chi connectivity index (χ2n) is 4.24. The van der Waals surface area contributed by atoms with E-state index in [9.17, 15) is 0 Å². The fourth-order valence-electron chi connectivity index (χ4n) is 1.81. The smallest absolute Gasteiger partial charge is 0.206 e. The Balaban J connectivity index is 2.22. The molecule has 0 aliphatic carbocycles. The zero-order chi connectivity index (χ0) is 13.1. The normalized spacial score (nSPS) is 12.2. The van der Waals surface area contributed by atoms with Crippen LogP contribution in [0.15, 0.2) is 18.2 Å². The van der Waals surface area contributed by atoms with Crippen molar-refractivity contribution >= 4 is 16.5 Å². The van der Waals surface area contributed by atoms with Gasteiger partial charge in [-0.15, -0.1) is 10.2 Å². The second kappa shape index (κ2) is 5.35. The van der Waals surface area contributed by atoms with E-state index >= 15 is 0 Å². The number of ether oxygens (including phenoxy) is 1. The van der Waals surface area contributed by atoms with Crippen molar-refractivity contribution in [2.75, 3.05) is 12.4 Å². The van der Waals surface area contributed by atoms with Crippen molar-refractivity contribution in [2.24, 2.45) is 0 Å². The molecule has 0 amide bonds. The summed E-state index contributed by atoms with van der Waals surface area (Å²) in [5.74, 6) is 0.891. The molecule has 2 rings (SSSR count). The van der Waals surface area contributed by atoms with Crippen molar-refractivity contribution in [2.45, 2.75) is 26.8 Å². The van der Waals surface area contributed by atoms with E-state index in [0.717, 1.165) is 21.5 Å². The number of hydrogen-bond acceptors (Lipinski definition) is 5. The molecule has 0 aliphatic heterocycles. The van der Waals surface area contributed by atoms with Gasteiger partial charge in [-0.1, -0.05) is 29.0 Å². The van der Waals surface area contributed by atoms with Crippen LogP contribution in [0.4, 0.5) is 5.13 Å². The van der Waals surface area contributed by atoms with Gasteiger partial charge >= 0.3 is 0 Å². The Bertz CT molecular complexity index is 539. The fourth-order valence-corrected chi connectivity index (χ4v) is 2.49. The fraction of sp³-hybridized carbons (Fsp3) is 0.385. The molecule has 0 aliphatic rings. The van der Waals surface area contributed by atoms with Crippen molar-refractivity contribution in [1.29, 1.82) is 0 Å². The molecule has 0 saturated carbocycles. The van der Waals surface area contributed by atoms with Crippen LogP contribution < -0.4 is 10.1 Å². The van der Waals surface area contributed by atoms with E-state index in [-0.39, 0.29) is 6.04 Å². The lowest BCUT2D eigenvalue weighted by Crippen LogP contribution is -2.08. The van der Waals surface area contributed by atoms with E-state index in [1.54, 1.807) is 18.4 Å². The second-order valence-corrected chi connectivity index (χ2v) is 5.42. The highest BCUT2D eigenvalue weighted by molar-refractivity contribution is 7.15. The van der Waals surface area contributed by atoms with E-state index in [0.29, 0.717) is 0 Å². The van der Waals surface area contributed by atoms with Crippen LogP contribution in [-0.4, -0.2) is 17.3 Å². The van der Waals surface area contributed by atoms with Gasteiger partial charge in [0.2, 0.25) is 5.13 Å². The van der Waals surface area contributed by atoms with Crippen LogP contribution in [0.5, 0.6) is 5.75 Å². The predicted molar refractivity (Wildman–Crippen MR) is 74.4 cm³/mol. The molecule has 0 radical (unpaired) electrons. The lowest BCUT2D eigenvalue weighted by Gasteiger charge is -2.17. The molecule has 0 fully saturated rings. The first-order valence-electron chi connectivity index (χ1n) is 5.81. The zero-order valence-electron chi connectivity index (χ0n) is 11.0. The van der Waals surface area contributed by atoms with Gasteiger partial charge in [0.15, 0.2) is 0 Å². The number of anilines is 1. The van der Waals surface area contributed by atoms with E-state index in [2.05, 4.69) is 35.4 Å². The molecule has 0 spiro atoms. The topological polar surface area (TPSA) is 47.0 Å². The number of methoxy groups -OCH3 is 1. The summed E-state index contributed by atoms with van der Waals surface area (Å²) in [5, 5.41) is 13.2. The van der Waals surface area contributed by atoms with Crippen molar-refractivity contribution in [3.05, 3.63) is 34.3 Å². The summed E-state index contributed by atoms with van der Waals surface area (Å²) in [4.78, 5) is 0. The SMILES string of the molecule is COc1ccc(C)cc1C(C)Nc1nnc(C)s1. The largest absolute Gasteiger partial charge is 0.496 e. The third kappa shape index (κ3) is 2.79. The maximum absolute atomic E-state index is 5.39. The van der Waals surface area contributed by atoms with Gasteiger partial charge in [-0.3, -0.25) is 0 Å². The molecule has 0 bridgehead atoms. The van der Waals surface area contributed by atoms with Gasteiger partial charge in [0.05, 0.1) is 13.2 Å². The van der Waals surface area contributed by atoms with Gasteiger partial charge in [0.1, 0.15) is 10.8 Å². The third-order valence-corrected chi connectivity index (χ3v) is 3.49. The van der Waals surface area contributed by atoms with Gasteiger partial charge in [0.25, 0.3) is 0 Å². The number of aryl methyl sites for hydroxylation is 2. The van der Waals surface area contributed by atoms with E-state index in [1.165, 1.54) is 5.56 Å². The lowest BCUT2D eigenvalue weighted by molar-refractivity contribution is 0.408. The first-order valence-corrected chi connectivity index (χ1v) is 6.63. The Morgan fingerprint density at radius 1 is 1.28 bits per heavy atom. The number of nitrogens with one attached hydrogen (secondary N) is 1. The van der Waals surface area contributed by atoms with Crippen LogP contribution in [0.1, 0.15) is 29.1 Å².